The number of ether oxygens (including phenoxy) is 1. The molecule has 2 aromatic rings. The number of pyridine rings is 1. The van der Waals surface area contributed by atoms with E-state index in [1.54, 1.807) is 48.7 Å². The van der Waals surface area contributed by atoms with Crippen LogP contribution in [0.3, 0.4) is 0 Å². The van der Waals surface area contributed by atoms with Gasteiger partial charge in [-0.15, -0.1) is 0 Å². The smallest absolute Gasteiger partial charge is 0.331 e. The number of carbonyl (C=O) groups excluding carboxylic acids is 2. The summed E-state index contributed by atoms with van der Waals surface area (Å²) < 4.78 is 5.10. The molecule has 0 aliphatic heterocycles. The van der Waals surface area contributed by atoms with E-state index in [1.807, 2.05) is 0 Å². The summed E-state index contributed by atoms with van der Waals surface area (Å²) in [4.78, 5) is 26.5. The van der Waals surface area contributed by atoms with Gasteiger partial charge >= 0.3 is 5.97 Å². The molecule has 0 spiro atoms. The summed E-state index contributed by atoms with van der Waals surface area (Å²) in [5.74, 6) is -0.584. The number of halogens is 1. The first kappa shape index (κ1) is 16.7. The van der Waals surface area contributed by atoms with Crippen LogP contribution in [0.25, 0.3) is 6.08 Å². The molecule has 0 radical (unpaired) electrons. The molecule has 0 fully saturated rings. The summed E-state index contributed by atoms with van der Waals surface area (Å²) >= 11 is 5.68. The third-order valence-corrected chi connectivity index (χ3v) is 3.04. The first-order valence-corrected chi connectivity index (χ1v) is 7.23. The monoisotopic (exact) mass is 330 g/mol. The third-order valence-electron chi connectivity index (χ3n) is 2.81. The first-order valence-electron chi connectivity index (χ1n) is 6.86. The van der Waals surface area contributed by atoms with Crippen molar-refractivity contribution in [1.29, 1.82) is 0 Å². The molecule has 0 aliphatic carbocycles. The standard InChI is InChI=1S/C17H15ClN2O3/c1-12(21)20-15-6-2-13(3-7-15)5-9-17(22)23-11-14-4-8-16(18)19-10-14/h2-10H,11H2,1H3,(H,20,21)/b9-5+. The summed E-state index contributed by atoms with van der Waals surface area (Å²) in [7, 11) is 0. The Morgan fingerprint density at radius 2 is 1.96 bits per heavy atom. The fourth-order valence-corrected chi connectivity index (χ4v) is 1.85. The SMILES string of the molecule is CC(=O)Nc1ccc(/C=C/C(=O)OCc2ccc(Cl)nc2)cc1. The molecule has 0 aliphatic rings. The molecule has 0 bridgehead atoms. The van der Waals surface area contributed by atoms with Crippen molar-refractivity contribution in [1.82, 2.24) is 4.98 Å². The molecular weight excluding hydrogens is 316 g/mol. The van der Waals surface area contributed by atoms with Gasteiger partial charge in [-0.1, -0.05) is 29.8 Å². The number of hydrogen-bond donors (Lipinski definition) is 1. The number of hydrogen-bond acceptors (Lipinski definition) is 4. The zero-order chi connectivity index (χ0) is 16.7. The number of carbonyl (C=O) groups is 2. The van der Waals surface area contributed by atoms with Gasteiger partial charge in [0.25, 0.3) is 0 Å². The highest BCUT2D eigenvalue weighted by atomic mass is 35.5. The average molecular weight is 331 g/mol. The Bertz CT molecular complexity index is 710. The highest BCUT2D eigenvalue weighted by Crippen LogP contribution is 2.11. The Balaban J connectivity index is 1.85. The number of aromatic nitrogens is 1. The van der Waals surface area contributed by atoms with Gasteiger partial charge in [-0.25, -0.2) is 9.78 Å². The van der Waals surface area contributed by atoms with Gasteiger partial charge in [0.05, 0.1) is 0 Å². The van der Waals surface area contributed by atoms with Crippen molar-refractivity contribution in [2.45, 2.75) is 13.5 Å². The topological polar surface area (TPSA) is 68.3 Å². The molecule has 1 amide bonds. The second-order valence-corrected chi connectivity index (χ2v) is 5.12. The minimum Gasteiger partial charge on any atom is -0.458 e. The number of benzene rings is 1. The molecule has 0 atom stereocenters. The van der Waals surface area contributed by atoms with Crippen molar-refractivity contribution in [3.8, 4) is 0 Å². The first-order chi connectivity index (χ1) is 11.0. The van der Waals surface area contributed by atoms with Crippen molar-refractivity contribution < 1.29 is 14.3 Å². The summed E-state index contributed by atoms with van der Waals surface area (Å²) in [5, 5.41) is 3.06. The van der Waals surface area contributed by atoms with Gasteiger partial charge in [-0.3, -0.25) is 4.79 Å². The van der Waals surface area contributed by atoms with E-state index in [0.29, 0.717) is 10.8 Å². The number of anilines is 1. The molecule has 2 rings (SSSR count). The Kier molecular flexibility index (Phi) is 5.88. The van der Waals surface area contributed by atoms with Crippen LogP contribution in [0.2, 0.25) is 5.15 Å². The van der Waals surface area contributed by atoms with Crippen LogP contribution in [-0.4, -0.2) is 16.9 Å². The summed E-state index contributed by atoms with van der Waals surface area (Å²) in [5.41, 5.74) is 2.28. The van der Waals surface area contributed by atoms with Crippen molar-refractivity contribution in [3.63, 3.8) is 0 Å². The summed E-state index contributed by atoms with van der Waals surface area (Å²) in [6.07, 6.45) is 4.54. The molecule has 1 N–H and O–H groups in total. The predicted molar refractivity (Wildman–Crippen MR) is 88.8 cm³/mol. The van der Waals surface area contributed by atoms with Crippen molar-refractivity contribution in [2.24, 2.45) is 0 Å². The second kappa shape index (κ2) is 8.10. The summed E-state index contributed by atoms with van der Waals surface area (Å²) in [6.45, 7) is 1.58. The van der Waals surface area contributed by atoms with Crippen LogP contribution in [0.15, 0.2) is 48.7 Å². The van der Waals surface area contributed by atoms with Crippen LogP contribution in [0.1, 0.15) is 18.1 Å². The van der Waals surface area contributed by atoms with E-state index < -0.39 is 5.97 Å². The number of esters is 1. The van der Waals surface area contributed by atoms with Gasteiger partial charge in [0.15, 0.2) is 0 Å². The molecule has 118 valence electrons. The fourth-order valence-electron chi connectivity index (χ4n) is 1.74. The van der Waals surface area contributed by atoms with E-state index in [-0.39, 0.29) is 12.5 Å². The minimum atomic E-state index is -0.453. The van der Waals surface area contributed by atoms with Crippen molar-refractivity contribution >= 4 is 35.2 Å². The molecule has 1 aromatic carbocycles. The second-order valence-electron chi connectivity index (χ2n) is 4.73. The van der Waals surface area contributed by atoms with Crippen molar-refractivity contribution in [2.75, 3.05) is 5.32 Å². The molecule has 0 saturated heterocycles. The minimum absolute atomic E-state index is 0.131. The molecule has 23 heavy (non-hydrogen) atoms. The highest BCUT2D eigenvalue weighted by Gasteiger charge is 2.00. The van der Waals surface area contributed by atoms with Gasteiger partial charge in [0, 0.05) is 30.4 Å². The number of rotatable bonds is 5. The Hall–Kier alpha value is -2.66. The Morgan fingerprint density at radius 3 is 2.57 bits per heavy atom. The van der Waals surface area contributed by atoms with Crippen LogP contribution in [0.4, 0.5) is 5.69 Å². The van der Waals surface area contributed by atoms with E-state index in [2.05, 4.69) is 10.3 Å². The maximum atomic E-state index is 11.7. The lowest BCUT2D eigenvalue weighted by Crippen LogP contribution is -2.05. The van der Waals surface area contributed by atoms with Gasteiger partial charge in [0.2, 0.25) is 5.91 Å². The van der Waals surface area contributed by atoms with Gasteiger partial charge in [-0.05, 0) is 29.8 Å². The zero-order valence-electron chi connectivity index (χ0n) is 12.5. The molecule has 5 nitrogen and oxygen atoms in total. The average Bonchev–Trinajstić information content (AvgIpc) is 2.53. The maximum absolute atomic E-state index is 11.7. The van der Waals surface area contributed by atoms with E-state index in [4.69, 9.17) is 16.3 Å². The lowest BCUT2D eigenvalue weighted by atomic mass is 10.2. The van der Waals surface area contributed by atoms with Gasteiger partial charge < -0.3 is 10.1 Å². The largest absolute Gasteiger partial charge is 0.458 e. The third kappa shape index (κ3) is 5.92. The van der Waals surface area contributed by atoms with Crippen molar-refractivity contribution in [3.05, 3.63) is 65.0 Å². The molecule has 6 heteroatoms. The number of nitrogens with one attached hydrogen (secondary N) is 1. The number of amides is 1. The molecule has 0 unspecified atom stereocenters. The van der Waals surface area contributed by atoms with Crippen LogP contribution in [0, 0.1) is 0 Å². The van der Waals surface area contributed by atoms with E-state index in [0.717, 1.165) is 11.1 Å². The lowest BCUT2D eigenvalue weighted by molar-refractivity contribution is -0.138. The van der Waals surface area contributed by atoms with Gasteiger partial charge in [0.1, 0.15) is 11.8 Å². The number of nitrogens with zero attached hydrogens (tertiary/aromatic N) is 1. The van der Waals surface area contributed by atoms with E-state index >= 15 is 0 Å². The Labute approximate surface area is 138 Å². The maximum Gasteiger partial charge on any atom is 0.331 e. The van der Waals surface area contributed by atoms with Gasteiger partial charge in [-0.2, -0.15) is 0 Å². The highest BCUT2D eigenvalue weighted by molar-refractivity contribution is 6.29. The van der Waals surface area contributed by atoms with E-state index in [1.165, 1.54) is 13.0 Å². The van der Waals surface area contributed by atoms with Crippen LogP contribution >= 0.6 is 11.6 Å². The lowest BCUT2D eigenvalue weighted by Gasteiger charge is -2.03. The van der Waals surface area contributed by atoms with Crippen LogP contribution in [-0.2, 0) is 20.9 Å². The van der Waals surface area contributed by atoms with Crippen LogP contribution < -0.4 is 5.32 Å². The van der Waals surface area contributed by atoms with E-state index in [9.17, 15) is 9.59 Å². The normalized spacial score (nSPS) is 10.5. The van der Waals surface area contributed by atoms with Crippen LogP contribution in [0.5, 0.6) is 0 Å². The predicted octanol–water partition coefficient (Wildman–Crippen LogP) is 3.45. The Morgan fingerprint density at radius 1 is 1.22 bits per heavy atom. The quantitative estimate of drug-likeness (QED) is 0.518. The molecular formula is C17H15ClN2O3. The molecule has 0 saturated carbocycles. The summed E-state index contributed by atoms with van der Waals surface area (Å²) in [6, 6.07) is 10.5. The molecule has 1 aromatic heterocycles. The fraction of sp³-hybridized carbons (Fsp3) is 0.118. The molecule has 1 heterocycles. The zero-order valence-corrected chi connectivity index (χ0v) is 13.2.